The molecule has 1 amide bonds. The standard InChI is InChI=1S/C20H20FN7O3/c1-27(20(29)30-2)17-10-23-19(24-18(17)22)15-9-16(14-7-8-31-26-14)28(25-15)11-12-5-3-4-6-13(12)21/h3-6,9-10H,7-8,11H2,1-2H3,(H2,22,23,24). The van der Waals surface area contributed by atoms with Gasteiger partial charge in [-0.25, -0.2) is 19.2 Å². The molecule has 1 aliphatic heterocycles. The number of benzene rings is 1. The Hall–Kier alpha value is -4.02. The van der Waals surface area contributed by atoms with Crippen molar-refractivity contribution in [1.29, 1.82) is 0 Å². The number of nitrogens with two attached hydrogens (primary N) is 1. The van der Waals surface area contributed by atoms with Gasteiger partial charge in [0.1, 0.15) is 29.5 Å². The Balaban J connectivity index is 1.71. The minimum Gasteiger partial charge on any atom is -0.452 e. The zero-order valence-corrected chi connectivity index (χ0v) is 16.9. The van der Waals surface area contributed by atoms with Crippen LogP contribution in [0.15, 0.2) is 41.7 Å². The van der Waals surface area contributed by atoms with Gasteiger partial charge in [0.2, 0.25) is 0 Å². The zero-order chi connectivity index (χ0) is 22.0. The first-order valence-corrected chi connectivity index (χ1v) is 9.43. The molecule has 4 rings (SSSR count). The van der Waals surface area contributed by atoms with Crippen LogP contribution in [-0.4, -0.2) is 52.3 Å². The third-order valence-corrected chi connectivity index (χ3v) is 4.80. The largest absolute Gasteiger partial charge is 0.452 e. The van der Waals surface area contributed by atoms with Gasteiger partial charge in [0.15, 0.2) is 11.6 Å². The van der Waals surface area contributed by atoms with E-state index in [4.69, 9.17) is 10.6 Å². The minimum atomic E-state index is -0.598. The van der Waals surface area contributed by atoms with Gasteiger partial charge in [-0.3, -0.25) is 9.58 Å². The highest BCUT2D eigenvalue weighted by atomic mass is 19.1. The monoisotopic (exact) mass is 425 g/mol. The van der Waals surface area contributed by atoms with Gasteiger partial charge < -0.3 is 15.3 Å². The first-order valence-electron chi connectivity index (χ1n) is 9.43. The van der Waals surface area contributed by atoms with Gasteiger partial charge in [0.05, 0.1) is 25.5 Å². The Morgan fingerprint density at radius 2 is 2.19 bits per heavy atom. The van der Waals surface area contributed by atoms with Gasteiger partial charge in [0, 0.05) is 19.0 Å². The van der Waals surface area contributed by atoms with Gasteiger partial charge in [0.25, 0.3) is 0 Å². The number of hydrogen-bond acceptors (Lipinski definition) is 8. The third kappa shape index (κ3) is 4.02. The number of rotatable bonds is 5. The molecule has 1 aliphatic rings. The fourth-order valence-corrected chi connectivity index (χ4v) is 3.16. The van der Waals surface area contributed by atoms with Crippen LogP contribution in [0.25, 0.3) is 11.5 Å². The van der Waals surface area contributed by atoms with Crippen LogP contribution < -0.4 is 10.6 Å². The molecule has 2 N–H and O–H groups in total. The van der Waals surface area contributed by atoms with Crippen molar-refractivity contribution in [3.63, 3.8) is 0 Å². The van der Waals surface area contributed by atoms with Crippen LogP contribution in [0.3, 0.4) is 0 Å². The predicted molar refractivity (Wildman–Crippen MR) is 111 cm³/mol. The van der Waals surface area contributed by atoms with Crippen LogP contribution in [0.4, 0.5) is 20.7 Å². The lowest BCUT2D eigenvalue weighted by atomic mass is 10.1. The van der Waals surface area contributed by atoms with E-state index in [1.165, 1.54) is 31.3 Å². The summed E-state index contributed by atoms with van der Waals surface area (Å²) in [5.74, 6) is 0.0167. The molecule has 31 heavy (non-hydrogen) atoms. The summed E-state index contributed by atoms with van der Waals surface area (Å²) >= 11 is 0. The van der Waals surface area contributed by atoms with Crippen LogP contribution >= 0.6 is 0 Å². The first-order chi connectivity index (χ1) is 15.0. The highest BCUT2D eigenvalue weighted by molar-refractivity contribution is 6.00. The molecule has 10 nitrogen and oxygen atoms in total. The number of amides is 1. The molecular formula is C20H20FN7O3. The number of ether oxygens (including phenoxy) is 1. The Kier molecular flexibility index (Phi) is 5.48. The highest BCUT2D eigenvalue weighted by Crippen LogP contribution is 2.25. The average Bonchev–Trinajstić information content (AvgIpc) is 3.44. The van der Waals surface area contributed by atoms with E-state index < -0.39 is 6.09 Å². The molecule has 0 saturated heterocycles. The fraction of sp³-hybridized carbons (Fsp3) is 0.250. The van der Waals surface area contributed by atoms with Crippen molar-refractivity contribution < 1.29 is 18.8 Å². The maximum atomic E-state index is 14.2. The molecule has 2 aromatic heterocycles. The number of methoxy groups -OCH3 is 1. The van der Waals surface area contributed by atoms with Gasteiger partial charge in [-0.15, -0.1) is 0 Å². The number of nitrogen functional groups attached to an aromatic ring is 1. The molecule has 0 radical (unpaired) electrons. The topological polar surface area (TPSA) is 121 Å². The molecule has 160 valence electrons. The van der Waals surface area contributed by atoms with Crippen molar-refractivity contribution in [2.75, 3.05) is 31.4 Å². The van der Waals surface area contributed by atoms with Crippen molar-refractivity contribution in [2.24, 2.45) is 5.16 Å². The lowest BCUT2D eigenvalue weighted by molar-refractivity contribution is 0.174. The Morgan fingerprint density at radius 3 is 2.87 bits per heavy atom. The number of aromatic nitrogens is 4. The lowest BCUT2D eigenvalue weighted by Gasteiger charge is -2.16. The molecule has 0 atom stereocenters. The summed E-state index contributed by atoms with van der Waals surface area (Å²) < 4.78 is 20.5. The van der Waals surface area contributed by atoms with Crippen LogP contribution in [0.2, 0.25) is 0 Å². The average molecular weight is 425 g/mol. The van der Waals surface area contributed by atoms with E-state index in [9.17, 15) is 9.18 Å². The molecule has 3 heterocycles. The van der Waals surface area contributed by atoms with Crippen molar-refractivity contribution in [2.45, 2.75) is 13.0 Å². The summed E-state index contributed by atoms with van der Waals surface area (Å²) in [4.78, 5) is 26.6. The smallest absolute Gasteiger partial charge is 0.413 e. The van der Waals surface area contributed by atoms with Gasteiger partial charge in [-0.1, -0.05) is 23.4 Å². The van der Waals surface area contributed by atoms with Gasteiger partial charge >= 0.3 is 6.09 Å². The molecule has 0 fully saturated rings. The highest BCUT2D eigenvalue weighted by Gasteiger charge is 2.22. The predicted octanol–water partition coefficient (Wildman–Crippen LogP) is 2.44. The SMILES string of the molecule is COC(=O)N(C)c1cnc(-c2cc(C3=NOCC3)n(Cc3ccccc3F)n2)nc1N. The fourth-order valence-electron chi connectivity index (χ4n) is 3.16. The lowest BCUT2D eigenvalue weighted by Crippen LogP contribution is -2.27. The normalized spacial score (nSPS) is 12.9. The molecule has 0 aliphatic carbocycles. The van der Waals surface area contributed by atoms with E-state index in [-0.39, 0.29) is 24.0 Å². The number of hydrogen-bond donors (Lipinski definition) is 1. The molecule has 11 heteroatoms. The van der Waals surface area contributed by atoms with Crippen LogP contribution in [0, 0.1) is 5.82 Å². The molecule has 0 bridgehead atoms. The summed E-state index contributed by atoms with van der Waals surface area (Å²) in [6.45, 7) is 0.660. The van der Waals surface area contributed by atoms with E-state index in [2.05, 4.69) is 25.0 Å². The summed E-state index contributed by atoms with van der Waals surface area (Å²) in [5, 5.41) is 8.62. The van der Waals surface area contributed by atoms with Crippen molar-refractivity contribution >= 4 is 23.3 Å². The Labute approximate surface area is 177 Å². The van der Waals surface area contributed by atoms with E-state index in [1.807, 2.05) is 0 Å². The molecule has 3 aromatic rings. The quantitative estimate of drug-likeness (QED) is 0.666. The summed E-state index contributed by atoms with van der Waals surface area (Å²) in [6.07, 6.45) is 1.42. The number of anilines is 2. The summed E-state index contributed by atoms with van der Waals surface area (Å²) in [6, 6.07) is 8.24. The maximum Gasteiger partial charge on any atom is 0.413 e. The molecule has 0 unspecified atom stereocenters. The van der Waals surface area contributed by atoms with E-state index in [1.54, 1.807) is 28.9 Å². The Bertz CT molecular complexity index is 1160. The second-order valence-electron chi connectivity index (χ2n) is 6.78. The number of oxime groups is 1. The molecule has 0 saturated carbocycles. The van der Waals surface area contributed by atoms with Gasteiger partial charge in [-0.05, 0) is 12.1 Å². The van der Waals surface area contributed by atoms with Crippen LogP contribution in [-0.2, 0) is 16.1 Å². The van der Waals surface area contributed by atoms with Crippen molar-refractivity contribution in [3.05, 3.63) is 53.6 Å². The van der Waals surface area contributed by atoms with Gasteiger partial charge in [-0.2, -0.15) is 5.10 Å². The van der Waals surface area contributed by atoms with E-state index >= 15 is 0 Å². The van der Waals surface area contributed by atoms with E-state index in [0.29, 0.717) is 41.4 Å². The third-order valence-electron chi connectivity index (χ3n) is 4.80. The van der Waals surface area contributed by atoms with Crippen molar-refractivity contribution in [3.8, 4) is 11.5 Å². The van der Waals surface area contributed by atoms with Crippen molar-refractivity contribution in [1.82, 2.24) is 19.7 Å². The maximum absolute atomic E-state index is 14.2. The number of carbonyl (C=O) groups is 1. The first kappa shape index (κ1) is 20.3. The second-order valence-corrected chi connectivity index (χ2v) is 6.78. The molecule has 0 spiro atoms. The summed E-state index contributed by atoms with van der Waals surface area (Å²) in [7, 11) is 2.77. The molecule has 1 aromatic carbocycles. The van der Waals surface area contributed by atoms with E-state index in [0.717, 1.165) is 0 Å². The summed E-state index contributed by atoms with van der Waals surface area (Å²) in [5.41, 5.74) is 8.62. The van der Waals surface area contributed by atoms with Crippen LogP contribution in [0.1, 0.15) is 17.7 Å². The Morgan fingerprint density at radius 1 is 1.39 bits per heavy atom. The number of halogens is 1. The second kappa shape index (κ2) is 8.38. The zero-order valence-electron chi connectivity index (χ0n) is 16.9. The minimum absolute atomic E-state index is 0.0876. The number of carbonyl (C=O) groups excluding carboxylic acids is 1. The van der Waals surface area contributed by atoms with Crippen LogP contribution in [0.5, 0.6) is 0 Å². The molecular weight excluding hydrogens is 405 g/mol. The number of nitrogens with zero attached hydrogens (tertiary/aromatic N) is 6.